The molecule has 0 spiro atoms. The van der Waals surface area contributed by atoms with Crippen molar-refractivity contribution in [3.8, 4) is 5.75 Å². The zero-order valence-electron chi connectivity index (χ0n) is 9.94. The van der Waals surface area contributed by atoms with Crippen LogP contribution in [0, 0.1) is 10.1 Å². The van der Waals surface area contributed by atoms with E-state index in [0.29, 0.717) is 16.9 Å². The number of rotatable bonds is 5. The number of nitro benzene ring substituents is 1. The van der Waals surface area contributed by atoms with E-state index in [1.807, 2.05) is 0 Å². The summed E-state index contributed by atoms with van der Waals surface area (Å²) in [6.45, 7) is 0. The molecule has 0 aliphatic rings. The Labute approximate surface area is 112 Å². The first-order valence-electron chi connectivity index (χ1n) is 5.00. The van der Waals surface area contributed by atoms with Gasteiger partial charge in [-0.2, -0.15) is 0 Å². The van der Waals surface area contributed by atoms with Gasteiger partial charge in [0.1, 0.15) is 5.75 Å². The quantitative estimate of drug-likeness (QED) is 0.360. The van der Waals surface area contributed by atoms with Crippen LogP contribution in [0.3, 0.4) is 0 Å². The number of halogens is 1. The SMILES string of the molecule is COC(=O)Cc1cc(OC)cc([N+](=O)[O-])c1CBr. The fraction of sp³-hybridized carbons (Fsp3) is 0.364. The number of hydrogen-bond acceptors (Lipinski definition) is 5. The van der Waals surface area contributed by atoms with Gasteiger partial charge in [-0.3, -0.25) is 14.9 Å². The van der Waals surface area contributed by atoms with E-state index in [4.69, 9.17) is 4.74 Å². The number of benzene rings is 1. The molecule has 0 unspecified atom stereocenters. The van der Waals surface area contributed by atoms with Crippen LogP contribution in [-0.2, 0) is 21.3 Å². The third-order valence-corrected chi connectivity index (χ3v) is 2.98. The molecule has 0 atom stereocenters. The average molecular weight is 318 g/mol. The highest BCUT2D eigenvalue weighted by atomic mass is 79.9. The van der Waals surface area contributed by atoms with E-state index in [2.05, 4.69) is 20.7 Å². The second kappa shape index (κ2) is 6.34. The predicted octanol–water partition coefficient (Wildman–Crippen LogP) is 2.21. The number of carbonyl (C=O) groups is 1. The molecule has 1 aromatic rings. The third-order valence-electron chi connectivity index (χ3n) is 2.42. The van der Waals surface area contributed by atoms with Gasteiger partial charge in [0, 0.05) is 10.9 Å². The molecule has 0 saturated heterocycles. The molecule has 98 valence electrons. The van der Waals surface area contributed by atoms with Gasteiger partial charge in [-0.25, -0.2) is 0 Å². The monoisotopic (exact) mass is 317 g/mol. The lowest BCUT2D eigenvalue weighted by molar-refractivity contribution is -0.385. The van der Waals surface area contributed by atoms with Crippen molar-refractivity contribution in [1.82, 2.24) is 0 Å². The number of nitro groups is 1. The van der Waals surface area contributed by atoms with Crippen LogP contribution in [0.15, 0.2) is 12.1 Å². The fourth-order valence-corrected chi connectivity index (χ4v) is 2.15. The highest BCUT2D eigenvalue weighted by Crippen LogP contribution is 2.30. The van der Waals surface area contributed by atoms with Crippen molar-refractivity contribution in [2.75, 3.05) is 14.2 Å². The van der Waals surface area contributed by atoms with Gasteiger partial charge < -0.3 is 9.47 Å². The van der Waals surface area contributed by atoms with Crippen LogP contribution in [0.25, 0.3) is 0 Å². The molecule has 7 heteroatoms. The van der Waals surface area contributed by atoms with Crippen molar-refractivity contribution < 1.29 is 19.2 Å². The summed E-state index contributed by atoms with van der Waals surface area (Å²) >= 11 is 3.19. The van der Waals surface area contributed by atoms with Gasteiger partial charge in [0.25, 0.3) is 5.69 Å². The molecule has 0 aliphatic carbocycles. The normalized spacial score (nSPS) is 9.94. The molecule has 0 N–H and O–H groups in total. The fourth-order valence-electron chi connectivity index (χ4n) is 1.51. The van der Waals surface area contributed by atoms with Gasteiger partial charge in [-0.1, -0.05) is 15.9 Å². The van der Waals surface area contributed by atoms with Gasteiger partial charge in [0.15, 0.2) is 0 Å². The van der Waals surface area contributed by atoms with E-state index in [-0.39, 0.29) is 17.4 Å². The van der Waals surface area contributed by atoms with E-state index in [9.17, 15) is 14.9 Å². The molecule has 0 aromatic heterocycles. The van der Waals surface area contributed by atoms with Crippen LogP contribution in [0.1, 0.15) is 11.1 Å². The lowest BCUT2D eigenvalue weighted by Crippen LogP contribution is -2.08. The molecule has 0 fully saturated rings. The first-order chi connectivity index (χ1) is 8.53. The van der Waals surface area contributed by atoms with Crippen molar-refractivity contribution >= 4 is 27.6 Å². The molecule has 0 saturated carbocycles. The average Bonchev–Trinajstić information content (AvgIpc) is 2.37. The van der Waals surface area contributed by atoms with Crippen molar-refractivity contribution in [3.63, 3.8) is 0 Å². The van der Waals surface area contributed by atoms with E-state index < -0.39 is 10.9 Å². The molecular formula is C11H12BrNO5. The summed E-state index contributed by atoms with van der Waals surface area (Å²) in [5, 5.41) is 11.2. The van der Waals surface area contributed by atoms with Crippen molar-refractivity contribution in [2.45, 2.75) is 11.8 Å². The number of carbonyl (C=O) groups excluding carboxylic acids is 1. The maximum absolute atomic E-state index is 11.3. The van der Waals surface area contributed by atoms with Gasteiger partial charge in [-0.15, -0.1) is 0 Å². The van der Waals surface area contributed by atoms with E-state index in [1.165, 1.54) is 20.3 Å². The maximum atomic E-state index is 11.3. The molecule has 1 rings (SSSR count). The van der Waals surface area contributed by atoms with Gasteiger partial charge in [-0.05, 0) is 11.6 Å². The van der Waals surface area contributed by atoms with Crippen LogP contribution >= 0.6 is 15.9 Å². The standard InChI is InChI=1S/C11H12BrNO5/c1-17-8-3-7(4-11(14)18-2)9(6-12)10(5-8)13(15)16/h3,5H,4,6H2,1-2H3. The molecule has 0 amide bonds. The molecule has 1 aromatic carbocycles. The largest absolute Gasteiger partial charge is 0.496 e. The minimum absolute atomic E-state index is 0.0323. The van der Waals surface area contributed by atoms with E-state index in [0.717, 1.165) is 0 Å². The Bertz CT molecular complexity index is 475. The number of methoxy groups -OCH3 is 2. The molecule has 0 heterocycles. The highest BCUT2D eigenvalue weighted by Gasteiger charge is 2.20. The van der Waals surface area contributed by atoms with Crippen LogP contribution in [-0.4, -0.2) is 25.1 Å². The van der Waals surface area contributed by atoms with E-state index in [1.54, 1.807) is 6.07 Å². The topological polar surface area (TPSA) is 78.7 Å². The zero-order valence-corrected chi connectivity index (χ0v) is 11.5. The summed E-state index contributed by atoms with van der Waals surface area (Å²) in [5.74, 6) is -0.120. The van der Waals surface area contributed by atoms with Crippen LogP contribution in [0.5, 0.6) is 5.75 Å². The molecule has 0 radical (unpaired) electrons. The summed E-state index contributed by atoms with van der Waals surface area (Å²) in [6, 6.07) is 2.93. The Balaban J connectivity index is 3.32. The van der Waals surface area contributed by atoms with Crippen LogP contribution in [0.4, 0.5) is 5.69 Å². The molecule has 0 bridgehead atoms. The lowest BCUT2D eigenvalue weighted by atomic mass is 10.0. The summed E-state index contributed by atoms with van der Waals surface area (Å²) in [6.07, 6.45) is -0.0323. The molecule has 0 aliphatic heterocycles. The molecular weight excluding hydrogens is 306 g/mol. The Hall–Kier alpha value is -1.63. The molecule has 6 nitrogen and oxygen atoms in total. The number of nitrogens with zero attached hydrogens (tertiary/aromatic N) is 1. The number of ether oxygens (including phenoxy) is 2. The van der Waals surface area contributed by atoms with Crippen molar-refractivity contribution in [3.05, 3.63) is 33.4 Å². The third kappa shape index (κ3) is 3.19. The lowest BCUT2D eigenvalue weighted by Gasteiger charge is -2.09. The minimum Gasteiger partial charge on any atom is -0.496 e. The summed E-state index contributed by atoms with van der Waals surface area (Å²) in [7, 11) is 2.68. The predicted molar refractivity (Wildman–Crippen MR) is 68.0 cm³/mol. The summed E-state index contributed by atoms with van der Waals surface area (Å²) in [4.78, 5) is 21.8. The first kappa shape index (κ1) is 14.4. The summed E-state index contributed by atoms with van der Waals surface area (Å²) < 4.78 is 9.55. The molecule has 18 heavy (non-hydrogen) atoms. The Morgan fingerprint density at radius 3 is 2.56 bits per heavy atom. The van der Waals surface area contributed by atoms with Crippen molar-refractivity contribution in [1.29, 1.82) is 0 Å². The second-order valence-corrected chi connectivity index (χ2v) is 3.99. The maximum Gasteiger partial charge on any atom is 0.309 e. The number of hydrogen-bond donors (Lipinski definition) is 0. The van der Waals surface area contributed by atoms with Gasteiger partial charge >= 0.3 is 5.97 Å². The van der Waals surface area contributed by atoms with Crippen molar-refractivity contribution in [2.24, 2.45) is 0 Å². The summed E-state index contributed by atoms with van der Waals surface area (Å²) in [5.41, 5.74) is 0.890. The minimum atomic E-state index is -0.500. The van der Waals surface area contributed by atoms with Gasteiger partial charge in [0.2, 0.25) is 0 Å². The van der Waals surface area contributed by atoms with Gasteiger partial charge in [0.05, 0.1) is 31.6 Å². The highest BCUT2D eigenvalue weighted by molar-refractivity contribution is 9.08. The second-order valence-electron chi connectivity index (χ2n) is 3.43. The Morgan fingerprint density at radius 2 is 2.11 bits per heavy atom. The smallest absolute Gasteiger partial charge is 0.309 e. The Morgan fingerprint density at radius 1 is 1.44 bits per heavy atom. The number of esters is 1. The Kier molecular flexibility index (Phi) is 5.08. The number of alkyl halides is 1. The van der Waals surface area contributed by atoms with Crippen LogP contribution < -0.4 is 4.74 Å². The first-order valence-corrected chi connectivity index (χ1v) is 6.12. The van der Waals surface area contributed by atoms with E-state index >= 15 is 0 Å². The zero-order chi connectivity index (χ0) is 13.7. The van der Waals surface area contributed by atoms with Crippen LogP contribution in [0.2, 0.25) is 0 Å².